The Labute approximate surface area is 119 Å². The normalized spacial score (nSPS) is 11.3. The third-order valence-electron chi connectivity index (χ3n) is 3.23. The summed E-state index contributed by atoms with van der Waals surface area (Å²) in [5.41, 5.74) is 8.63. The Bertz CT molecular complexity index is 710. The van der Waals surface area contributed by atoms with E-state index in [1.807, 2.05) is 19.1 Å². The summed E-state index contributed by atoms with van der Waals surface area (Å²) in [6.45, 7) is 4.00. The van der Waals surface area contributed by atoms with E-state index in [4.69, 9.17) is 5.73 Å². The maximum absolute atomic E-state index is 12.5. The lowest BCUT2D eigenvalue weighted by atomic mass is 10.1. The molecule has 0 unspecified atom stereocenters. The zero-order valence-corrected chi connectivity index (χ0v) is 12.4. The van der Waals surface area contributed by atoms with Gasteiger partial charge in [-0.05, 0) is 48.7 Å². The highest BCUT2D eigenvalue weighted by Crippen LogP contribution is 2.23. The fourth-order valence-corrected chi connectivity index (χ4v) is 3.44. The van der Waals surface area contributed by atoms with Crippen LogP contribution in [0.15, 0.2) is 47.4 Å². The maximum Gasteiger partial charge on any atom is 0.262 e. The van der Waals surface area contributed by atoms with E-state index in [1.54, 1.807) is 37.3 Å². The van der Waals surface area contributed by atoms with Crippen LogP contribution >= 0.6 is 0 Å². The van der Waals surface area contributed by atoms with Crippen LogP contribution in [0.5, 0.6) is 0 Å². The molecule has 0 radical (unpaired) electrons. The highest BCUT2D eigenvalue weighted by atomic mass is 32.2. The van der Waals surface area contributed by atoms with Crippen molar-refractivity contribution in [2.24, 2.45) is 5.73 Å². The van der Waals surface area contributed by atoms with Crippen molar-refractivity contribution in [3.8, 4) is 0 Å². The molecule has 2 rings (SSSR count). The Hall–Kier alpha value is -1.85. The third-order valence-corrected chi connectivity index (χ3v) is 4.74. The van der Waals surface area contributed by atoms with Gasteiger partial charge in [0, 0.05) is 12.2 Å². The van der Waals surface area contributed by atoms with Crippen molar-refractivity contribution in [1.29, 1.82) is 0 Å². The zero-order chi connectivity index (χ0) is 14.8. The van der Waals surface area contributed by atoms with Crippen LogP contribution in [0.25, 0.3) is 0 Å². The standard InChI is InChI=1S/C15H18N2O2S/c1-11-8-13(10-16)9-15(12(11)2)20(18,19)17-14-6-4-3-5-7-14/h3-9,17H,10,16H2,1-2H3. The molecule has 0 aliphatic heterocycles. The molecule has 0 heterocycles. The molecule has 0 amide bonds. The highest BCUT2D eigenvalue weighted by molar-refractivity contribution is 7.92. The van der Waals surface area contributed by atoms with Crippen LogP contribution in [0.2, 0.25) is 0 Å². The number of anilines is 1. The smallest absolute Gasteiger partial charge is 0.262 e. The lowest BCUT2D eigenvalue weighted by molar-refractivity contribution is 0.600. The second kappa shape index (κ2) is 5.64. The van der Waals surface area contributed by atoms with Gasteiger partial charge in [0.1, 0.15) is 0 Å². The number of hydrogen-bond acceptors (Lipinski definition) is 3. The molecule has 0 spiro atoms. The third kappa shape index (κ3) is 3.00. The van der Waals surface area contributed by atoms with Crippen LogP contribution in [0.4, 0.5) is 5.69 Å². The Balaban J connectivity index is 2.47. The summed E-state index contributed by atoms with van der Waals surface area (Å²) in [6, 6.07) is 12.4. The van der Waals surface area contributed by atoms with Gasteiger partial charge in [0.25, 0.3) is 10.0 Å². The van der Waals surface area contributed by atoms with Crippen LogP contribution < -0.4 is 10.5 Å². The predicted molar refractivity (Wildman–Crippen MR) is 81.1 cm³/mol. The molecule has 0 aliphatic rings. The van der Waals surface area contributed by atoms with Gasteiger partial charge < -0.3 is 5.73 Å². The molecule has 0 fully saturated rings. The van der Waals surface area contributed by atoms with Crippen molar-refractivity contribution >= 4 is 15.7 Å². The maximum atomic E-state index is 12.5. The average molecular weight is 290 g/mol. The van der Waals surface area contributed by atoms with Gasteiger partial charge >= 0.3 is 0 Å². The van der Waals surface area contributed by atoms with Gasteiger partial charge in [-0.1, -0.05) is 24.3 Å². The predicted octanol–water partition coefficient (Wildman–Crippen LogP) is 2.56. The second-order valence-electron chi connectivity index (χ2n) is 4.71. The first-order valence-corrected chi connectivity index (χ1v) is 7.80. The number of para-hydroxylation sites is 1. The summed E-state index contributed by atoms with van der Waals surface area (Å²) in [4.78, 5) is 0.279. The van der Waals surface area contributed by atoms with Gasteiger partial charge in [-0.25, -0.2) is 8.42 Å². The fourth-order valence-electron chi connectivity index (χ4n) is 2.01. The molecule has 0 bridgehead atoms. The van der Waals surface area contributed by atoms with Crippen molar-refractivity contribution in [1.82, 2.24) is 0 Å². The topological polar surface area (TPSA) is 72.2 Å². The van der Waals surface area contributed by atoms with Gasteiger partial charge in [-0.3, -0.25) is 4.72 Å². The van der Waals surface area contributed by atoms with Crippen LogP contribution in [0, 0.1) is 13.8 Å². The number of aryl methyl sites for hydroxylation is 1. The van der Waals surface area contributed by atoms with Crippen molar-refractivity contribution in [2.45, 2.75) is 25.3 Å². The van der Waals surface area contributed by atoms with Gasteiger partial charge in [0.2, 0.25) is 0 Å². The minimum Gasteiger partial charge on any atom is -0.326 e. The monoisotopic (exact) mass is 290 g/mol. The van der Waals surface area contributed by atoms with Crippen molar-refractivity contribution in [2.75, 3.05) is 4.72 Å². The van der Waals surface area contributed by atoms with Crippen molar-refractivity contribution < 1.29 is 8.42 Å². The molecule has 2 aromatic rings. The Morgan fingerprint density at radius 1 is 1.10 bits per heavy atom. The second-order valence-corrected chi connectivity index (χ2v) is 6.36. The van der Waals surface area contributed by atoms with Gasteiger partial charge in [-0.15, -0.1) is 0 Å². The molecular formula is C15H18N2O2S. The van der Waals surface area contributed by atoms with Gasteiger partial charge in [0.15, 0.2) is 0 Å². The van der Waals surface area contributed by atoms with E-state index in [1.165, 1.54) is 0 Å². The first kappa shape index (κ1) is 14.6. The lowest BCUT2D eigenvalue weighted by Crippen LogP contribution is -2.15. The highest BCUT2D eigenvalue weighted by Gasteiger charge is 2.18. The molecule has 3 N–H and O–H groups in total. The summed E-state index contributed by atoms with van der Waals surface area (Å²) in [6.07, 6.45) is 0. The summed E-state index contributed by atoms with van der Waals surface area (Å²) >= 11 is 0. The Morgan fingerprint density at radius 3 is 2.35 bits per heavy atom. The van der Waals surface area contributed by atoms with E-state index in [0.29, 0.717) is 12.2 Å². The summed E-state index contributed by atoms with van der Waals surface area (Å²) < 4.78 is 27.6. The SMILES string of the molecule is Cc1cc(CN)cc(S(=O)(=O)Nc2ccccc2)c1C. The van der Waals surface area contributed by atoms with E-state index in [9.17, 15) is 8.42 Å². The average Bonchev–Trinajstić information content (AvgIpc) is 2.42. The minimum atomic E-state index is -3.60. The molecule has 106 valence electrons. The molecule has 5 heteroatoms. The zero-order valence-electron chi connectivity index (χ0n) is 11.6. The molecule has 4 nitrogen and oxygen atoms in total. The van der Waals surface area contributed by atoms with E-state index in [2.05, 4.69) is 4.72 Å². The number of sulfonamides is 1. The molecule has 0 saturated heterocycles. The van der Waals surface area contributed by atoms with Gasteiger partial charge in [-0.2, -0.15) is 0 Å². The lowest BCUT2D eigenvalue weighted by Gasteiger charge is -2.13. The fraction of sp³-hybridized carbons (Fsp3) is 0.200. The first-order valence-electron chi connectivity index (χ1n) is 6.32. The number of nitrogens with one attached hydrogen (secondary N) is 1. The Kier molecular flexibility index (Phi) is 4.11. The van der Waals surface area contributed by atoms with E-state index < -0.39 is 10.0 Å². The van der Waals surface area contributed by atoms with Crippen LogP contribution in [0.3, 0.4) is 0 Å². The first-order chi connectivity index (χ1) is 9.44. The summed E-state index contributed by atoms with van der Waals surface area (Å²) in [5.74, 6) is 0. The molecule has 0 aliphatic carbocycles. The molecule has 0 saturated carbocycles. The quantitative estimate of drug-likeness (QED) is 0.909. The molecule has 0 atom stereocenters. The Morgan fingerprint density at radius 2 is 1.75 bits per heavy atom. The largest absolute Gasteiger partial charge is 0.326 e. The number of rotatable bonds is 4. The number of nitrogens with two attached hydrogens (primary N) is 1. The van der Waals surface area contributed by atoms with E-state index in [0.717, 1.165) is 16.7 Å². The summed E-state index contributed by atoms with van der Waals surface area (Å²) in [5, 5.41) is 0. The molecule has 0 aromatic heterocycles. The molecule has 2 aromatic carbocycles. The minimum absolute atomic E-state index is 0.279. The molecular weight excluding hydrogens is 272 g/mol. The van der Waals surface area contributed by atoms with Crippen LogP contribution in [0.1, 0.15) is 16.7 Å². The van der Waals surface area contributed by atoms with E-state index in [-0.39, 0.29) is 4.90 Å². The van der Waals surface area contributed by atoms with Crippen LogP contribution in [-0.4, -0.2) is 8.42 Å². The van der Waals surface area contributed by atoms with Crippen molar-refractivity contribution in [3.05, 3.63) is 59.2 Å². The molecule has 20 heavy (non-hydrogen) atoms. The number of benzene rings is 2. The van der Waals surface area contributed by atoms with E-state index >= 15 is 0 Å². The van der Waals surface area contributed by atoms with Crippen molar-refractivity contribution in [3.63, 3.8) is 0 Å². The van der Waals surface area contributed by atoms with Crippen LogP contribution in [-0.2, 0) is 16.6 Å². The number of hydrogen-bond donors (Lipinski definition) is 2. The summed E-state index contributed by atoms with van der Waals surface area (Å²) in [7, 11) is -3.60. The van der Waals surface area contributed by atoms with Gasteiger partial charge in [0.05, 0.1) is 4.90 Å².